The summed E-state index contributed by atoms with van der Waals surface area (Å²) in [4.78, 5) is 74.8. The van der Waals surface area contributed by atoms with E-state index in [9.17, 15) is 29.1 Å². The summed E-state index contributed by atoms with van der Waals surface area (Å²) >= 11 is 0. The van der Waals surface area contributed by atoms with Crippen LogP contribution in [0.2, 0.25) is 0 Å². The van der Waals surface area contributed by atoms with E-state index in [-0.39, 0.29) is 67.5 Å². The summed E-state index contributed by atoms with van der Waals surface area (Å²) in [6, 6.07) is 19.8. The number of amides is 3. The van der Waals surface area contributed by atoms with E-state index in [2.05, 4.69) is 10.2 Å². The molecule has 2 saturated heterocycles. The zero-order valence-electron chi connectivity index (χ0n) is 28.8. The highest BCUT2D eigenvalue weighted by Crippen LogP contribution is 2.57. The second-order valence-corrected chi connectivity index (χ2v) is 15.1. The number of Topliss-reactive ketones (excluding diaryl/α,β-unsaturated/α-hetero) is 2. The molecule has 2 heterocycles. The highest BCUT2D eigenvalue weighted by atomic mass is 16.5. The van der Waals surface area contributed by atoms with Crippen LogP contribution in [0.5, 0.6) is 5.75 Å². The van der Waals surface area contributed by atoms with Gasteiger partial charge < -0.3 is 29.9 Å². The predicted octanol–water partition coefficient (Wildman–Crippen LogP) is 2.76. The lowest BCUT2D eigenvalue weighted by molar-refractivity contribution is -0.173. The third-order valence-electron chi connectivity index (χ3n) is 12.1. The molecule has 4 bridgehead atoms. The van der Waals surface area contributed by atoms with Crippen molar-refractivity contribution in [3.05, 3.63) is 72.3 Å². The number of piperazine rings is 1. The molecular formula is C40H44N4O7. The Labute approximate surface area is 296 Å². The van der Waals surface area contributed by atoms with E-state index in [0.717, 1.165) is 27.8 Å². The van der Waals surface area contributed by atoms with Crippen molar-refractivity contribution in [1.82, 2.24) is 15.1 Å². The number of methoxy groups -OCH3 is 1. The molecule has 2 aliphatic heterocycles. The maximum Gasteiger partial charge on any atom is 0.245 e. The SMILES string of the molecule is COc1ccccc1N1CCN(C(=O)[C@H](Cc2ccc3ccccc3c2)NC(=O)C2C[C@@H](O)CN2C(=O)C23CC4CC(CC(C2)C4=O)C3=O)CC1. The van der Waals surface area contributed by atoms with Crippen LogP contribution in [0.4, 0.5) is 5.69 Å². The Hall–Kier alpha value is -4.77. The van der Waals surface area contributed by atoms with Crippen molar-refractivity contribution in [2.45, 2.75) is 56.7 Å². The van der Waals surface area contributed by atoms with E-state index >= 15 is 0 Å². The molecule has 0 aromatic heterocycles. The van der Waals surface area contributed by atoms with Gasteiger partial charge in [0.25, 0.3) is 0 Å². The zero-order chi connectivity index (χ0) is 35.4. The van der Waals surface area contributed by atoms with Gasteiger partial charge in [-0.3, -0.25) is 24.0 Å². The fourth-order valence-corrected chi connectivity index (χ4v) is 9.64. The highest BCUT2D eigenvalue weighted by molar-refractivity contribution is 6.12. The number of likely N-dealkylation sites (tertiary alicyclic amines) is 1. The monoisotopic (exact) mass is 692 g/mol. The predicted molar refractivity (Wildman–Crippen MR) is 189 cm³/mol. The summed E-state index contributed by atoms with van der Waals surface area (Å²) < 4.78 is 5.56. The molecule has 2 N–H and O–H groups in total. The molecule has 0 spiro atoms. The fourth-order valence-electron chi connectivity index (χ4n) is 9.64. The van der Waals surface area contributed by atoms with Gasteiger partial charge in [0.1, 0.15) is 29.0 Å². The number of nitrogens with zero attached hydrogens (tertiary/aromatic N) is 3. The Morgan fingerprint density at radius 1 is 0.882 bits per heavy atom. The highest BCUT2D eigenvalue weighted by Gasteiger charge is 2.65. The molecule has 0 radical (unpaired) electrons. The normalized spacial score (nSPS) is 29.1. The van der Waals surface area contributed by atoms with Crippen molar-refractivity contribution in [3.63, 3.8) is 0 Å². The number of ketones is 2. The van der Waals surface area contributed by atoms with E-state index in [4.69, 9.17) is 4.74 Å². The smallest absolute Gasteiger partial charge is 0.245 e. The fraction of sp³-hybridized carbons (Fsp3) is 0.475. The number of ether oxygens (including phenoxy) is 1. The maximum atomic E-state index is 14.4. The largest absolute Gasteiger partial charge is 0.495 e. The Kier molecular flexibility index (Phi) is 8.56. The zero-order valence-corrected chi connectivity index (χ0v) is 28.8. The van der Waals surface area contributed by atoms with Crippen LogP contribution in [0.3, 0.4) is 0 Å². The van der Waals surface area contributed by atoms with Gasteiger partial charge in [0, 0.05) is 63.3 Å². The van der Waals surface area contributed by atoms with Crippen LogP contribution in [-0.2, 0) is 30.4 Å². The number of aliphatic hydroxyl groups is 1. The molecule has 6 aliphatic rings. The standard InChI is InChI=1S/C40H44N4O7/c1-51-34-9-5-4-8-32(34)42-12-14-43(15-13-42)38(49)31(17-24-10-11-25-6-2-3-7-26(25)16-24)41-37(48)33-20-30(45)23-44(33)39(50)40-21-28-18-27(36(40)47)19-29(22-40)35(28)46/h2-11,16,27-31,33,45H,12-15,17-23H2,1H3,(H,41,48)/t27?,28?,29?,30-,31+,33?,40?/m1/s1. The van der Waals surface area contributed by atoms with Gasteiger partial charge in [-0.25, -0.2) is 0 Å². The molecule has 11 nitrogen and oxygen atoms in total. The molecule has 3 amide bonds. The minimum absolute atomic E-state index is 0.00548. The summed E-state index contributed by atoms with van der Waals surface area (Å²) in [6.07, 6.45) is 0.658. The first kappa shape index (κ1) is 33.4. The summed E-state index contributed by atoms with van der Waals surface area (Å²) in [5.74, 6) is -1.34. The number of anilines is 1. The molecule has 3 unspecified atom stereocenters. The summed E-state index contributed by atoms with van der Waals surface area (Å²) in [5.41, 5.74) is 0.511. The van der Waals surface area contributed by atoms with Crippen molar-refractivity contribution in [2.24, 2.45) is 23.2 Å². The molecule has 6 fully saturated rings. The second kappa shape index (κ2) is 13.1. The van der Waals surface area contributed by atoms with Crippen molar-refractivity contribution in [1.29, 1.82) is 0 Å². The number of para-hydroxylation sites is 2. The number of nitrogens with one attached hydrogen (secondary N) is 1. The Balaban J connectivity index is 1.03. The van der Waals surface area contributed by atoms with E-state index in [1.165, 1.54) is 4.90 Å². The van der Waals surface area contributed by atoms with Crippen LogP contribution >= 0.6 is 0 Å². The molecule has 5 atom stereocenters. The van der Waals surface area contributed by atoms with Gasteiger partial charge in [-0.15, -0.1) is 0 Å². The van der Waals surface area contributed by atoms with Gasteiger partial charge in [0.2, 0.25) is 17.7 Å². The molecular weight excluding hydrogens is 648 g/mol. The van der Waals surface area contributed by atoms with Crippen molar-refractivity contribution < 1.29 is 33.8 Å². The first-order valence-electron chi connectivity index (χ1n) is 18.2. The van der Waals surface area contributed by atoms with Crippen LogP contribution < -0.4 is 15.0 Å². The van der Waals surface area contributed by atoms with E-state index < -0.39 is 35.4 Å². The van der Waals surface area contributed by atoms with Gasteiger partial charge in [-0.1, -0.05) is 54.6 Å². The number of rotatable bonds is 8. The van der Waals surface area contributed by atoms with E-state index in [0.29, 0.717) is 39.0 Å². The Morgan fingerprint density at radius 2 is 1.57 bits per heavy atom. The lowest BCUT2D eigenvalue weighted by atomic mass is 9.48. The van der Waals surface area contributed by atoms with Crippen LogP contribution in [0.1, 0.15) is 37.7 Å². The van der Waals surface area contributed by atoms with Crippen molar-refractivity contribution >= 4 is 45.7 Å². The number of carbonyl (C=O) groups is 5. The summed E-state index contributed by atoms with van der Waals surface area (Å²) in [6.45, 7) is 1.98. The third-order valence-corrected chi connectivity index (χ3v) is 12.1. The average molecular weight is 693 g/mol. The number of hydrogen-bond acceptors (Lipinski definition) is 8. The van der Waals surface area contributed by atoms with Gasteiger partial charge in [-0.2, -0.15) is 0 Å². The molecule has 9 rings (SSSR count). The number of hydrogen-bond donors (Lipinski definition) is 2. The number of carbonyl (C=O) groups excluding carboxylic acids is 5. The molecule has 11 heteroatoms. The Bertz CT molecular complexity index is 1890. The molecule has 3 aromatic rings. The first-order valence-corrected chi connectivity index (χ1v) is 18.2. The molecule has 4 aliphatic carbocycles. The lowest BCUT2D eigenvalue weighted by Gasteiger charge is -2.54. The molecule has 3 aromatic carbocycles. The summed E-state index contributed by atoms with van der Waals surface area (Å²) in [7, 11) is 1.64. The number of fused-ring (bicyclic) bond motifs is 1. The van der Waals surface area contributed by atoms with Crippen LogP contribution in [-0.4, -0.2) is 102 Å². The van der Waals surface area contributed by atoms with E-state index in [1.807, 2.05) is 66.7 Å². The van der Waals surface area contributed by atoms with Crippen molar-refractivity contribution in [2.75, 3.05) is 44.7 Å². The van der Waals surface area contributed by atoms with Gasteiger partial charge in [0.05, 0.1) is 18.9 Å². The minimum Gasteiger partial charge on any atom is -0.495 e. The van der Waals surface area contributed by atoms with Crippen LogP contribution in [0.25, 0.3) is 10.8 Å². The Morgan fingerprint density at radius 3 is 2.29 bits per heavy atom. The number of β-amino-alcohol motifs (C(OH)–C–C–N with tert-alkyl or cyclic N) is 1. The summed E-state index contributed by atoms with van der Waals surface area (Å²) in [5, 5.41) is 15.9. The van der Waals surface area contributed by atoms with Crippen LogP contribution in [0.15, 0.2) is 66.7 Å². The number of benzene rings is 3. The maximum absolute atomic E-state index is 14.4. The lowest BCUT2D eigenvalue weighted by Crippen LogP contribution is -2.64. The number of aliphatic hydroxyl groups excluding tert-OH is 1. The average Bonchev–Trinajstić information content (AvgIpc) is 3.55. The van der Waals surface area contributed by atoms with Crippen LogP contribution in [0, 0.1) is 23.2 Å². The quantitative estimate of drug-likeness (QED) is 0.344. The molecule has 266 valence electrons. The van der Waals surface area contributed by atoms with Gasteiger partial charge in [-0.05, 0) is 54.2 Å². The third kappa shape index (κ3) is 5.85. The molecule has 51 heavy (non-hydrogen) atoms. The first-order chi connectivity index (χ1) is 24.6. The van der Waals surface area contributed by atoms with E-state index in [1.54, 1.807) is 12.0 Å². The topological polar surface area (TPSA) is 137 Å². The minimum atomic E-state index is -1.32. The van der Waals surface area contributed by atoms with Crippen molar-refractivity contribution in [3.8, 4) is 5.75 Å². The second-order valence-electron chi connectivity index (χ2n) is 15.1. The van der Waals surface area contributed by atoms with Gasteiger partial charge >= 0.3 is 0 Å². The van der Waals surface area contributed by atoms with Gasteiger partial charge in [0.15, 0.2) is 5.78 Å². The molecule has 4 saturated carbocycles.